The summed E-state index contributed by atoms with van der Waals surface area (Å²) in [6, 6.07) is 5.54. The molecule has 0 amide bonds. The fourth-order valence-corrected chi connectivity index (χ4v) is 2.08. The highest BCUT2D eigenvalue weighted by Gasteiger charge is 2.15. The number of aromatic nitrogens is 1. The van der Waals surface area contributed by atoms with Crippen LogP contribution in [0.15, 0.2) is 27.4 Å². The Kier molecular flexibility index (Phi) is 3.52. The van der Waals surface area contributed by atoms with E-state index in [1.165, 1.54) is 4.57 Å². The summed E-state index contributed by atoms with van der Waals surface area (Å²) in [5.41, 5.74) is 14.2. The molecule has 0 fully saturated rings. The van der Waals surface area contributed by atoms with Gasteiger partial charge in [-0.2, -0.15) is 0 Å². The average Bonchev–Trinajstić information content (AvgIpc) is 2.61. The number of nitrogens with two attached hydrogens (primary N) is 2. The second-order valence-corrected chi connectivity index (χ2v) is 5.79. The maximum absolute atomic E-state index is 11.4. The molecule has 0 aliphatic rings. The molecule has 2 rings (SSSR count). The average molecular weight is 263 g/mol. The van der Waals surface area contributed by atoms with Crippen molar-refractivity contribution in [3.8, 4) is 0 Å². The van der Waals surface area contributed by atoms with E-state index >= 15 is 0 Å². The minimum Gasteiger partial charge on any atom is -0.408 e. The van der Waals surface area contributed by atoms with Crippen LogP contribution in [-0.4, -0.2) is 10.1 Å². The second-order valence-electron chi connectivity index (χ2n) is 5.79. The molecule has 0 bridgehead atoms. The molecule has 4 N–H and O–H groups in total. The number of oxazole rings is 1. The summed E-state index contributed by atoms with van der Waals surface area (Å²) < 4.78 is 6.64. The molecule has 1 unspecified atom stereocenters. The van der Waals surface area contributed by atoms with Gasteiger partial charge >= 0.3 is 5.76 Å². The van der Waals surface area contributed by atoms with E-state index in [0.717, 1.165) is 23.9 Å². The molecule has 0 aliphatic carbocycles. The summed E-state index contributed by atoms with van der Waals surface area (Å²) >= 11 is 0. The molecule has 0 saturated carbocycles. The number of hydrogen-bond acceptors (Lipinski definition) is 4. The maximum Gasteiger partial charge on any atom is 0.419 e. The second kappa shape index (κ2) is 4.83. The van der Waals surface area contributed by atoms with Crippen LogP contribution < -0.4 is 17.2 Å². The van der Waals surface area contributed by atoms with Crippen LogP contribution in [0.1, 0.15) is 38.3 Å². The van der Waals surface area contributed by atoms with E-state index in [1.54, 1.807) is 7.05 Å². The van der Waals surface area contributed by atoms with Crippen LogP contribution in [0.5, 0.6) is 0 Å². The monoisotopic (exact) mass is 263 g/mol. The maximum atomic E-state index is 11.4. The molecule has 0 saturated heterocycles. The van der Waals surface area contributed by atoms with Crippen molar-refractivity contribution in [2.75, 3.05) is 0 Å². The van der Waals surface area contributed by atoms with Gasteiger partial charge in [0.05, 0.1) is 5.52 Å². The predicted molar refractivity (Wildman–Crippen MR) is 75.9 cm³/mol. The lowest BCUT2D eigenvalue weighted by atomic mass is 9.94. The van der Waals surface area contributed by atoms with Crippen LogP contribution in [0.2, 0.25) is 0 Å². The number of fused-ring (bicyclic) bond motifs is 1. The molecule has 1 heterocycles. The van der Waals surface area contributed by atoms with Crippen LogP contribution >= 0.6 is 0 Å². The van der Waals surface area contributed by atoms with Crippen LogP contribution in [-0.2, 0) is 7.05 Å². The molecule has 104 valence electrons. The Morgan fingerprint density at radius 1 is 1.42 bits per heavy atom. The van der Waals surface area contributed by atoms with Crippen LogP contribution in [0, 0.1) is 0 Å². The van der Waals surface area contributed by atoms with Gasteiger partial charge in [0.25, 0.3) is 0 Å². The van der Waals surface area contributed by atoms with Crippen molar-refractivity contribution in [1.82, 2.24) is 4.57 Å². The van der Waals surface area contributed by atoms with E-state index in [-0.39, 0.29) is 17.3 Å². The van der Waals surface area contributed by atoms with Crippen LogP contribution in [0.25, 0.3) is 11.1 Å². The van der Waals surface area contributed by atoms with Crippen molar-refractivity contribution in [3.63, 3.8) is 0 Å². The molecule has 5 heteroatoms. The molecule has 5 nitrogen and oxygen atoms in total. The highest BCUT2D eigenvalue weighted by molar-refractivity contribution is 5.73. The fraction of sp³-hybridized carbons (Fsp3) is 0.500. The minimum atomic E-state index is -0.358. The molecule has 1 atom stereocenters. The highest BCUT2D eigenvalue weighted by Crippen LogP contribution is 2.23. The summed E-state index contributed by atoms with van der Waals surface area (Å²) in [7, 11) is 1.69. The first-order chi connectivity index (χ1) is 8.78. The summed E-state index contributed by atoms with van der Waals surface area (Å²) in [6.07, 6.45) is 1.64. The third-order valence-corrected chi connectivity index (χ3v) is 3.34. The van der Waals surface area contributed by atoms with E-state index in [0.29, 0.717) is 5.58 Å². The molecule has 19 heavy (non-hydrogen) atoms. The number of nitrogens with zero attached hydrogens (tertiary/aromatic N) is 1. The zero-order valence-corrected chi connectivity index (χ0v) is 11.6. The Morgan fingerprint density at radius 3 is 2.74 bits per heavy atom. The van der Waals surface area contributed by atoms with Crippen LogP contribution in [0.3, 0.4) is 0 Å². The topological polar surface area (TPSA) is 87.2 Å². The molecule has 0 radical (unpaired) electrons. The summed E-state index contributed by atoms with van der Waals surface area (Å²) in [5, 5.41) is 0. The van der Waals surface area contributed by atoms with Gasteiger partial charge in [0.1, 0.15) is 0 Å². The van der Waals surface area contributed by atoms with Gasteiger partial charge in [0.2, 0.25) is 0 Å². The molecule has 0 aliphatic heterocycles. The van der Waals surface area contributed by atoms with Gasteiger partial charge in [-0.3, -0.25) is 4.57 Å². The Labute approximate surface area is 112 Å². The first kappa shape index (κ1) is 13.8. The highest BCUT2D eigenvalue weighted by atomic mass is 16.4. The van der Waals surface area contributed by atoms with Gasteiger partial charge in [-0.1, -0.05) is 6.07 Å². The van der Waals surface area contributed by atoms with Crippen molar-refractivity contribution in [2.24, 2.45) is 18.5 Å². The van der Waals surface area contributed by atoms with Gasteiger partial charge in [0, 0.05) is 18.6 Å². The molecular weight excluding hydrogens is 242 g/mol. The third-order valence-electron chi connectivity index (χ3n) is 3.34. The number of aryl methyl sites for hydroxylation is 1. The van der Waals surface area contributed by atoms with Gasteiger partial charge < -0.3 is 15.9 Å². The minimum absolute atomic E-state index is 0.0993. The van der Waals surface area contributed by atoms with Crippen molar-refractivity contribution in [2.45, 2.75) is 38.3 Å². The quantitative estimate of drug-likeness (QED) is 0.878. The van der Waals surface area contributed by atoms with E-state index in [1.807, 2.05) is 32.0 Å². The molecule has 1 aromatic carbocycles. The van der Waals surface area contributed by atoms with Gasteiger partial charge in [-0.25, -0.2) is 4.79 Å². The van der Waals surface area contributed by atoms with E-state index < -0.39 is 0 Å². The molecular formula is C14H21N3O2. The lowest BCUT2D eigenvalue weighted by Gasteiger charge is -2.21. The summed E-state index contributed by atoms with van der Waals surface area (Å²) in [5.74, 6) is -0.358. The largest absolute Gasteiger partial charge is 0.419 e. The summed E-state index contributed by atoms with van der Waals surface area (Å²) in [6.45, 7) is 3.97. The van der Waals surface area contributed by atoms with Crippen molar-refractivity contribution < 1.29 is 4.42 Å². The number of hydrogen-bond donors (Lipinski definition) is 2. The summed E-state index contributed by atoms with van der Waals surface area (Å²) in [4.78, 5) is 11.4. The zero-order valence-electron chi connectivity index (χ0n) is 11.6. The Bertz CT molecular complexity index is 634. The third kappa shape index (κ3) is 3.05. The smallest absolute Gasteiger partial charge is 0.408 e. The van der Waals surface area contributed by atoms with Crippen molar-refractivity contribution in [3.05, 3.63) is 34.3 Å². The van der Waals surface area contributed by atoms with E-state index in [4.69, 9.17) is 15.9 Å². The standard InChI is InChI=1S/C14H21N3O2/c1-14(2,16)7-6-10(15)9-4-5-11-12(8-9)19-13(18)17(11)3/h4-5,8,10H,6-7,15-16H2,1-3H3. The van der Waals surface area contributed by atoms with Gasteiger partial charge in [-0.15, -0.1) is 0 Å². The fourth-order valence-electron chi connectivity index (χ4n) is 2.08. The van der Waals surface area contributed by atoms with Gasteiger partial charge in [-0.05, 0) is 44.4 Å². The van der Waals surface area contributed by atoms with Gasteiger partial charge in [0.15, 0.2) is 5.58 Å². The Morgan fingerprint density at radius 2 is 2.11 bits per heavy atom. The normalized spacial score (nSPS) is 13.9. The Balaban J connectivity index is 2.23. The van der Waals surface area contributed by atoms with E-state index in [2.05, 4.69) is 0 Å². The number of benzene rings is 1. The zero-order chi connectivity index (χ0) is 14.2. The first-order valence-electron chi connectivity index (χ1n) is 6.42. The van der Waals surface area contributed by atoms with Crippen LogP contribution in [0.4, 0.5) is 0 Å². The lowest BCUT2D eigenvalue weighted by Crippen LogP contribution is -2.32. The molecule has 0 spiro atoms. The number of rotatable bonds is 4. The van der Waals surface area contributed by atoms with Crippen molar-refractivity contribution >= 4 is 11.1 Å². The predicted octanol–water partition coefficient (Wildman–Crippen LogP) is 1.65. The lowest BCUT2D eigenvalue weighted by molar-refractivity contribution is 0.433. The van der Waals surface area contributed by atoms with E-state index in [9.17, 15) is 4.79 Å². The first-order valence-corrected chi connectivity index (χ1v) is 6.42. The Hall–Kier alpha value is -1.59. The molecule has 1 aromatic heterocycles. The SMILES string of the molecule is Cn1c(=O)oc2cc(C(N)CCC(C)(C)N)ccc21. The van der Waals surface area contributed by atoms with Crippen molar-refractivity contribution in [1.29, 1.82) is 0 Å². The molecule has 2 aromatic rings.